The molecule has 7 heteroatoms. The minimum Gasteiger partial charge on any atom is -0.478 e. The van der Waals surface area contributed by atoms with Crippen LogP contribution in [-0.4, -0.2) is 36.0 Å². The molecule has 0 atom stereocenters. The third kappa shape index (κ3) is 5.44. The Balaban J connectivity index is 1.75. The molecule has 0 unspecified atom stereocenters. The molecule has 1 heterocycles. The molecule has 2 aromatic rings. The summed E-state index contributed by atoms with van der Waals surface area (Å²) in [5, 5.41) is 18.1. The number of aliphatic imine (C=N–C) groups is 1. The summed E-state index contributed by atoms with van der Waals surface area (Å²) >= 11 is 0. The number of hydrogen-bond donors (Lipinski definition) is 4. The number of carboxylic acid groups (broad SMARTS) is 1. The summed E-state index contributed by atoms with van der Waals surface area (Å²) in [5.41, 5.74) is 4.52. The molecule has 0 radical (unpaired) electrons. The first-order valence-electron chi connectivity index (χ1n) is 9.41. The summed E-state index contributed by atoms with van der Waals surface area (Å²) in [6.45, 7) is 5.42. The molecule has 1 amide bonds. The Morgan fingerprint density at radius 1 is 1.17 bits per heavy atom. The van der Waals surface area contributed by atoms with Gasteiger partial charge in [-0.1, -0.05) is 6.07 Å². The van der Waals surface area contributed by atoms with E-state index < -0.39 is 5.97 Å². The Hall–Kier alpha value is -3.61. The van der Waals surface area contributed by atoms with E-state index in [1.807, 2.05) is 38.1 Å². The lowest BCUT2D eigenvalue weighted by Crippen LogP contribution is -2.35. The molecule has 1 aliphatic rings. The zero-order chi connectivity index (χ0) is 20.8. The topological polar surface area (TPSA) is 103 Å². The second kappa shape index (κ2) is 9.05. The first-order chi connectivity index (χ1) is 13.9. The molecule has 29 heavy (non-hydrogen) atoms. The van der Waals surface area contributed by atoms with Crippen molar-refractivity contribution in [2.24, 2.45) is 4.99 Å². The lowest BCUT2D eigenvalue weighted by Gasteiger charge is -2.17. The third-order valence-corrected chi connectivity index (χ3v) is 4.50. The summed E-state index contributed by atoms with van der Waals surface area (Å²) in [7, 11) is 0. The summed E-state index contributed by atoms with van der Waals surface area (Å²) in [4.78, 5) is 27.9. The number of amides is 1. The number of carbonyl (C=O) groups excluding carboxylic acids is 1. The molecule has 0 aromatic heterocycles. The van der Waals surface area contributed by atoms with Crippen LogP contribution in [0.2, 0.25) is 0 Å². The van der Waals surface area contributed by atoms with E-state index in [0.29, 0.717) is 11.5 Å². The molecule has 4 N–H and O–H groups in total. The maximum Gasteiger partial charge on any atom is 0.328 e. The van der Waals surface area contributed by atoms with Crippen LogP contribution >= 0.6 is 0 Å². The molecule has 3 rings (SSSR count). The van der Waals surface area contributed by atoms with Gasteiger partial charge < -0.3 is 21.1 Å². The predicted molar refractivity (Wildman–Crippen MR) is 116 cm³/mol. The van der Waals surface area contributed by atoms with Crippen LogP contribution in [0.15, 0.2) is 47.5 Å². The highest BCUT2D eigenvalue weighted by molar-refractivity contribution is 6.06. The zero-order valence-electron chi connectivity index (χ0n) is 16.5. The van der Waals surface area contributed by atoms with Crippen molar-refractivity contribution < 1.29 is 14.7 Å². The van der Waals surface area contributed by atoms with Gasteiger partial charge in [0.2, 0.25) is 0 Å². The van der Waals surface area contributed by atoms with Gasteiger partial charge in [0.1, 0.15) is 0 Å². The fourth-order valence-electron chi connectivity index (χ4n) is 3.13. The molecule has 0 fully saturated rings. The molecule has 0 aliphatic carbocycles. The van der Waals surface area contributed by atoms with Crippen LogP contribution in [-0.2, 0) is 4.79 Å². The molecule has 150 valence electrons. The number of nitrogens with zero attached hydrogens (tertiary/aromatic N) is 1. The molecule has 2 aromatic carbocycles. The highest BCUT2D eigenvalue weighted by Gasteiger charge is 2.12. The van der Waals surface area contributed by atoms with Crippen LogP contribution in [0.1, 0.15) is 33.5 Å². The van der Waals surface area contributed by atoms with Crippen LogP contribution in [0.25, 0.3) is 6.08 Å². The van der Waals surface area contributed by atoms with E-state index in [2.05, 4.69) is 20.9 Å². The first kappa shape index (κ1) is 20.1. The Kier molecular flexibility index (Phi) is 6.29. The fraction of sp³-hybridized carbons (Fsp3) is 0.227. The SMILES string of the molecule is Cc1cc(C=CC(=O)O)cc(C)c1NC(=O)c1cccc(NC2=NCCCN2)c1. The van der Waals surface area contributed by atoms with Gasteiger partial charge in [0.15, 0.2) is 5.96 Å². The van der Waals surface area contributed by atoms with Gasteiger partial charge in [0.25, 0.3) is 5.91 Å². The third-order valence-electron chi connectivity index (χ3n) is 4.50. The number of hydrogen-bond acceptors (Lipinski definition) is 5. The summed E-state index contributed by atoms with van der Waals surface area (Å²) < 4.78 is 0. The molecule has 0 bridgehead atoms. The number of benzene rings is 2. The van der Waals surface area contributed by atoms with Crippen molar-refractivity contribution in [1.29, 1.82) is 0 Å². The Morgan fingerprint density at radius 3 is 2.59 bits per heavy atom. The predicted octanol–water partition coefficient (Wildman–Crippen LogP) is 3.41. The van der Waals surface area contributed by atoms with E-state index in [0.717, 1.165) is 53.7 Å². The van der Waals surface area contributed by atoms with Crippen LogP contribution < -0.4 is 16.0 Å². The Bertz CT molecular complexity index is 972. The number of carbonyl (C=O) groups is 2. The van der Waals surface area contributed by atoms with Gasteiger partial charge in [-0.15, -0.1) is 0 Å². The second-order valence-corrected chi connectivity index (χ2v) is 6.87. The van der Waals surface area contributed by atoms with Crippen molar-refractivity contribution >= 4 is 35.3 Å². The number of anilines is 2. The van der Waals surface area contributed by atoms with E-state index in [4.69, 9.17) is 5.11 Å². The Labute approximate surface area is 169 Å². The van der Waals surface area contributed by atoms with E-state index in [-0.39, 0.29) is 5.91 Å². The lowest BCUT2D eigenvalue weighted by atomic mass is 10.0. The van der Waals surface area contributed by atoms with E-state index in [1.54, 1.807) is 12.1 Å². The summed E-state index contributed by atoms with van der Waals surface area (Å²) in [5.74, 6) is -0.502. The van der Waals surface area contributed by atoms with Crippen LogP contribution in [0.3, 0.4) is 0 Å². The van der Waals surface area contributed by atoms with Crippen molar-refractivity contribution in [3.63, 3.8) is 0 Å². The number of carboxylic acids is 1. The molecule has 0 saturated carbocycles. The van der Waals surface area contributed by atoms with Crippen molar-refractivity contribution in [2.75, 3.05) is 23.7 Å². The van der Waals surface area contributed by atoms with Gasteiger partial charge in [-0.05, 0) is 73.4 Å². The Morgan fingerprint density at radius 2 is 1.93 bits per heavy atom. The monoisotopic (exact) mass is 392 g/mol. The van der Waals surface area contributed by atoms with Gasteiger partial charge in [-0.25, -0.2) is 4.79 Å². The van der Waals surface area contributed by atoms with Crippen molar-refractivity contribution in [3.05, 3.63) is 64.7 Å². The zero-order valence-corrected chi connectivity index (χ0v) is 16.5. The number of nitrogens with one attached hydrogen (secondary N) is 3. The van der Waals surface area contributed by atoms with Gasteiger partial charge in [0, 0.05) is 36.1 Å². The minimum atomic E-state index is -0.999. The van der Waals surface area contributed by atoms with Gasteiger partial charge >= 0.3 is 5.97 Å². The summed E-state index contributed by atoms with van der Waals surface area (Å²) in [6.07, 6.45) is 3.64. The first-order valence-corrected chi connectivity index (χ1v) is 9.41. The van der Waals surface area contributed by atoms with Crippen molar-refractivity contribution in [2.45, 2.75) is 20.3 Å². The van der Waals surface area contributed by atoms with E-state index in [9.17, 15) is 9.59 Å². The average Bonchev–Trinajstić information content (AvgIpc) is 2.70. The smallest absolute Gasteiger partial charge is 0.328 e. The highest BCUT2D eigenvalue weighted by atomic mass is 16.4. The van der Waals surface area contributed by atoms with Crippen molar-refractivity contribution in [3.8, 4) is 0 Å². The van der Waals surface area contributed by atoms with Gasteiger partial charge in [-0.2, -0.15) is 0 Å². The van der Waals surface area contributed by atoms with Crippen LogP contribution in [0.4, 0.5) is 11.4 Å². The van der Waals surface area contributed by atoms with Crippen LogP contribution in [0, 0.1) is 13.8 Å². The number of rotatable bonds is 5. The molecule has 7 nitrogen and oxygen atoms in total. The second-order valence-electron chi connectivity index (χ2n) is 6.87. The lowest BCUT2D eigenvalue weighted by molar-refractivity contribution is -0.131. The maximum atomic E-state index is 12.8. The average molecular weight is 392 g/mol. The van der Waals surface area contributed by atoms with Crippen LogP contribution in [0.5, 0.6) is 0 Å². The molecular weight excluding hydrogens is 368 g/mol. The standard InChI is InChI=1S/C22H24N4O3/c1-14-11-16(7-8-19(27)28)12-15(2)20(14)26-21(29)17-5-3-6-18(13-17)25-22-23-9-4-10-24-22/h3,5-8,11-13H,4,9-10H2,1-2H3,(H,26,29)(H,27,28)(H2,23,24,25). The van der Waals surface area contributed by atoms with Gasteiger partial charge in [0.05, 0.1) is 0 Å². The molecular formula is C22H24N4O3. The van der Waals surface area contributed by atoms with Crippen molar-refractivity contribution in [1.82, 2.24) is 5.32 Å². The number of guanidine groups is 1. The van der Waals surface area contributed by atoms with E-state index >= 15 is 0 Å². The normalized spacial score (nSPS) is 13.5. The fourth-order valence-corrected chi connectivity index (χ4v) is 3.13. The summed E-state index contributed by atoms with van der Waals surface area (Å²) in [6, 6.07) is 10.9. The highest BCUT2D eigenvalue weighted by Crippen LogP contribution is 2.24. The molecule has 0 saturated heterocycles. The van der Waals surface area contributed by atoms with Gasteiger partial charge in [-0.3, -0.25) is 9.79 Å². The minimum absolute atomic E-state index is 0.216. The quantitative estimate of drug-likeness (QED) is 0.584. The maximum absolute atomic E-state index is 12.8. The largest absolute Gasteiger partial charge is 0.478 e. The number of aliphatic carboxylic acids is 1. The molecule has 1 aliphatic heterocycles. The molecule has 0 spiro atoms. The van der Waals surface area contributed by atoms with E-state index in [1.165, 1.54) is 6.08 Å². The number of aryl methyl sites for hydroxylation is 2.